The molecule has 1 atom stereocenters. The Morgan fingerprint density at radius 3 is 2.29 bits per heavy atom. The first-order valence-corrected chi connectivity index (χ1v) is 9.92. The van der Waals surface area contributed by atoms with Crippen molar-refractivity contribution in [3.05, 3.63) is 87.3 Å². The smallest absolute Gasteiger partial charge is 0.332 e. The third kappa shape index (κ3) is 3.79. The van der Waals surface area contributed by atoms with Gasteiger partial charge in [0.05, 0.1) is 12.4 Å². The van der Waals surface area contributed by atoms with Crippen LogP contribution in [-0.4, -0.2) is 24.6 Å². The maximum absolute atomic E-state index is 12.6. The zero-order valence-corrected chi connectivity index (χ0v) is 17.6. The van der Waals surface area contributed by atoms with E-state index in [2.05, 4.69) is 22.4 Å². The molecule has 0 spiro atoms. The molecule has 2 heterocycles. The maximum Gasteiger partial charge on any atom is 0.332 e. The third-order valence-corrected chi connectivity index (χ3v) is 5.43. The number of carbonyl (C=O) groups excluding carboxylic acids is 1. The van der Waals surface area contributed by atoms with Crippen LogP contribution in [0.2, 0.25) is 0 Å². The number of benzene rings is 2. The average molecular weight is 417 g/mol. The lowest BCUT2D eigenvalue weighted by Gasteiger charge is -2.15. The zero-order valence-electron chi connectivity index (χ0n) is 17.6. The van der Waals surface area contributed by atoms with Crippen LogP contribution in [-0.2, 0) is 25.4 Å². The van der Waals surface area contributed by atoms with Crippen LogP contribution in [0, 0.1) is 0 Å². The second-order valence-electron chi connectivity index (χ2n) is 7.53. The Hall–Kier alpha value is -3.94. The molecule has 0 unspecified atom stereocenters. The summed E-state index contributed by atoms with van der Waals surface area (Å²) in [6, 6.07) is 17.9. The first-order chi connectivity index (χ1) is 14.9. The molecular weight excluding hydrogens is 394 g/mol. The molecule has 8 heteroatoms. The lowest BCUT2D eigenvalue weighted by atomic mass is 10.0. The van der Waals surface area contributed by atoms with Gasteiger partial charge in [0, 0.05) is 14.1 Å². The summed E-state index contributed by atoms with van der Waals surface area (Å²) >= 11 is 0. The van der Waals surface area contributed by atoms with Crippen LogP contribution in [0.4, 0.5) is 0 Å². The SMILES string of the molecule is C[C@H](NC(=O)Cn1cnc2c1c(=O)n(C)c(=O)n2C)c1ccc(-c2ccccc2)cc1. The Bertz CT molecular complexity index is 1360. The van der Waals surface area contributed by atoms with Crippen LogP contribution in [0.3, 0.4) is 0 Å². The molecule has 0 bridgehead atoms. The summed E-state index contributed by atoms with van der Waals surface area (Å²) < 4.78 is 3.77. The van der Waals surface area contributed by atoms with E-state index in [0.29, 0.717) is 0 Å². The van der Waals surface area contributed by atoms with Gasteiger partial charge in [-0.3, -0.25) is 18.7 Å². The van der Waals surface area contributed by atoms with Gasteiger partial charge in [0.15, 0.2) is 11.2 Å². The highest BCUT2D eigenvalue weighted by atomic mass is 16.2. The van der Waals surface area contributed by atoms with Gasteiger partial charge in [0.1, 0.15) is 6.54 Å². The van der Waals surface area contributed by atoms with Crippen LogP contribution in [0.5, 0.6) is 0 Å². The summed E-state index contributed by atoms with van der Waals surface area (Å²) in [6.07, 6.45) is 1.41. The number of fused-ring (bicyclic) bond motifs is 1. The fourth-order valence-corrected chi connectivity index (χ4v) is 3.64. The summed E-state index contributed by atoms with van der Waals surface area (Å²) in [4.78, 5) is 41.3. The van der Waals surface area contributed by atoms with Crippen molar-refractivity contribution in [3.8, 4) is 11.1 Å². The summed E-state index contributed by atoms with van der Waals surface area (Å²) in [5.74, 6) is -0.255. The minimum absolute atomic E-state index is 0.0730. The number of hydrogen-bond donors (Lipinski definition) is 1. The fraction of sp³-hybridized carbons (Fsp3) is 0.217. The van der Waals surface area contributed by atoms with E-state index in [0.717, 1.165) is 21.3 Å². The van der Waals surface area contributed by atoms with Gasteiger partial charge in [-0.15, -0.1) is 0 Å². The molecule has 158 valence electrons. The molecule has 8 nitrogen and oxygen atoms in total. The Balaban J connectivity index is 1.50. The van der Waals surface area contributed by atoms with E-state index >= 15 is 0 Å². The van der Waals surface area contributed by atoms with Gasteiger partial charge in [0.2, 0.25) is 5.91 Å². The van der Waals surface area contributed by atoms with Crippen molar-refractivity contribution in [2.75, 3.05) is 0 Å². The normalized spacial score (nSPS) is 12.1. The number of rotatable bonds is 5. The van der Waals surface area contributed by atoms with E-state index in [4.69, 9.17) is 0 Å². The quantitative estimate of drug-likeness (QED) is 0.538. The molecule has 1 N–H and O–H groups in total. The van der Waals surface area contributed by atoms with Crippen molar-refractivity contribution in [1.82, 2.24) is 24.0 Å². The maximum atomic E-state index is 12.6. The summed E-state index contributed by atoms with van der Waals surface area (Å²) in [7, 11) is 2.95. The summed E-state index contributed by atoms with van der Waals surface area (Å²) in [6.45, 7) is 1.83. The monoisotopic (exact) mass is 417 g/mol. The van der Waals surface area contributed by atoms with Crippen LogP contribution < -0.4 is 16.6 Å². The van der Waals surface area contributed by atoms with Crippen LogP contribution >= 0.6 is 0 Å². The number of amides is 1. The lowest BCUT2D eigenvalue weighted by molar-refractivity contribution is -0.122. The molecule has 4 aromatic rings. The highest BCUT2D eigenvalue weighted by molar-refractivity contribution is 5.79. The number of aromatic nitrogens is 4. The Kier molecular flexibility index (Phi) is 5.29. The van der Waals surface area contributed by atoms with Crippen molar-refractivity contribution in [2.45, 2.75) is 19.5 Å². The number of hydrogen-bond acceptors (Lipinski definition) is 4. The molecule has 0 fully saturated rings. The Morgan fingerprint density at radius 1 is 0.968 bits per heavy atom. The minimum Gasteiger partial charge on any atom is -0.348 e. The Labute approximate surface area is 178 Å². The molecule has 4 rings (SSSR count). The predicted octanol–water partition coefficient (Wildman–Crippen LogP) is 1.98. The second kappa shape index (κ2) is 8.06. The van der Waals surface area contributed by atoms with Crippen LogP contribution in [0.25, 0.3) is 22.3 Å². The van der Waals surface area contributed by atoms with Gasteiger partial charge in [-0.2, -0.15) is 0 Å². The third-order valence-electron chi connectivity index (χ3n) is 5.43. The number of nitrogens with zero attached hydrogens (tertiary/aromatic N) is 4. The van der Waals surface area contributed by atoms with Gasteiger partial charge >= 0.3 is 5.69 Å². The van der Waals surface area contributed by atoms with E-state index in [1.54, 1.807) is 7.05 Å². The lowest BCUT2D eigenvalue weighted by Crippen LogP contribution is -2.38. The molecule has 0 aliphatic rings. The standard InChI is InChI=1S/C23H23N5O3/c1-15(16-9-11-18(12-10-16)17-7-5-4-6-8-17)25-19(29)13-28-14-24-21-20(28)22(30)27(3)23(31)26(21)2/h4-12,14-15H,13H2,1-3H3,(H,25,29)/t15-/m0/s1. The molecule has 0 aliphatic carbocycles. The van der Waals surface area contributed by atoms with Crippen molar-refractivity contribution < 1.29 is 4.79 Å². The number of nitrogens with one attached hydrogen (secondary N) is 1. The van der Waals surface area contributed by atoms with E-state index in [-0.39, 0.29) is 29.7 Å². The van der Waals surface area contributed by atoms with Gasteiger partial charge < -0.3 is 9.88 Å². The Morgan fingerprint density at radius 2 is 1.61 bits per heavy atom. The second-order valence-corrected chi connectivity index (χ2v) is 7.53. The number of imidazole rings is 1. The van der Waals surface area contributed by atoms with Gasteiger partial charge in [-0.05, 0) is 23.6 Å². The molecule has 0 aliphatic heterocycles. The fourth-order valence-electron chi connectivity index (χ4n) is 3.64. The van der Waals surface area contributed by atoms with Gasteiger partial charge in [-0.25, -0.2) is 9.78 Å². The molecule has 1 amide bonds. The largest absolute Gasteiger partial charge is 0.348 e. The first kappa shape index (κ1) is 20.3. The highest BCUT2D eigenvalue weighted by Gasteiger charge is 2.17. The average Bonchev–Trinajstić information content (AvgIpc) is 3.20. The first-order valence-electron chi connectivity index (χ1n) is 9.92. The van der Waals surface area contributed by atoms with Gasteiger partial charge in [-0.1, -0.05) is 54.6 Å². The summed E-state index contributed by atoms with van der Waals surface area (Å²) in [5, 5.41) is 2.95. The van der Waals surface area contributed by atoms with Crippen LogP contribution in [0.1, 0.15) is 18.5 Å². The number of carbonyl (C=O) groups is 1. The van der Waals surface area contributed by atoms with Crippen LogP contribution in [0.15, 0.2) is 70.5 Å². The molecule has 31 heavy (non-hydrogen) atoms. The van der Waals surface area contributed by atoms with Crippen molar-refractivity contribution in [3.63, 3.8) is 0 Å². The minimum atomic E-state index is -0.479. The molecule has 0 saturated heterocycles. The molecule has 2 aromatic heterocycles. The predicted molar refractivity (Wildman–Crippen MR) is 119 cm³/mol. The molecule has 0 saturated carbocycles. The molecular formula is C23H23N5O3. The summed E-state index contributed by atoms with van der Waals surface area (Å²) in [5.41, 5.74) is 2.75. The topological polar surface area (TPSA) is 90.9 Å². The zero-order chi connectivity index (χ0) is 22.1. The van der Waals surface area contributed by atoms with E-state index in [9.17, 15) is 14.4 Å². The van der Waals surface area contributed by atoms with Crippen molar-refractivity contribution in [2.24, 2.45) is 14.1 Å². The molecule has 2 aromatic carbocycles. The van der Waals surface area contributed by atoms with E-state index in [1.165, 1.54) is 22.5 Å². The number of aryl methyl sites for hydroxylation is 1. The van der Waals surface area contributed by atoms with Crippen molar-refractivity contribution in [1.29, 1.82) is 0 Å². The van der Waals surface area contributed by atoms with E-state index < -0.39 is 11.2 Å². The molecule has 0 radical (unpaired) electrons. The van der Waals surface area contributed by atoms with Gasteiger partial charge in [0.25, 0.3) is 5.56 Å². The van der Waals surface area contributed by atoms with E-state index in [1.807, 2.05) is 49.4 Å². The highest BCUT2D eigenvalue weighted by Crippen LogP contribution is 2.21. The van der Waals surface area contributed by atoms with Crippen molar-refractivity contribution >= 4 is 17.1 Å².